The van der Waals surface area contributed by atoms with E-state index in [0.717, 1.165) is 15.8 Å². The van der Waals surface area contributed by atoms with E-state index in [2.05, 4.69) is 22.9 Å². The van der Waals surface area contributed by atoms with Gasteiger partial charge in [-0.25, -0.2) is 4.79 Å². The number of rotatable bonds is 4. The standard InChI is InChI=1S/C12H12BrNO2S/c1-3-11-10(13)6-9(17-11)5-8(7-14)12(15)16-4-2/h5-6H,3-4H2,1-2H3/b8-5-. The van der Waals surface area contributed by atoms with E-state index in [9.17, 15) is 4.79 Å². The number of esters is 1. The Bertz CT molecular complexity index is 485. The van der Waals surface area contributed by atoms with Crippen LogP contribution in [-0.4, -0.2) is 12.6 Å². The van der Waals surface area contributed by atoms with Crippen LogP contribution < -0.4 is 0 Å². The van der Waals surface area contributed by atoms with Gasteiger partial charge in [0.25, 0.3) is 0 Å². The minimum Gasteiger partial charge on any atom is -0.462 e. The first-order chi connectivity index (χ1) is 8.12. The van der Waals surface area contributed by atoms with Gasteiger partial charge in [-0.15, -0.1) is 11.3 Å². The quantitative estimate of drug-likeness (QED) is 0.485. The van der Waals surface area contributed by atoms with Gasteiger partial charge in [-0.1, -0.05) is 6.92 Å². The average Bonchev–Trinajstić information content (AvgIpc) is 2.66. The van der Waals surface area contributed by atoms with Crippen LogP contribution in [0.25, 0.3) is 6.08 Å². The maximum Gasteiger partial charge on any atom is 0.348 e. The minimum absolute atomic E-state index is 0.0308. The maximum absolute atomic E-state index is 11.4. The molecule has 0 amide bonds. The highest BCUT2D eigenvalue weighted by Crippen LogP contribution is 2.29. The topological polar surface area (TPSA) is 50.1 Å². The van der Waals surface area contributed by atoms with Gasteiger partial charge in [-0.3, -0.25) is 0 Å². The fraction of sp³-hybridized carbons (Fsp3) is 0.333. The van der Waals surface area contributed by atoms with Gasteiger partial charge in [0, 0.05) is 14.2 Å². The molecule has 0 aliphatic heterocycles. The van der Waals surface area contributed by atoms with E-state index in [1.807, 2.05) is 12.1 Å². The van der Waals surface area contributed by atoms with Crippen LogP contribution >= 0.6 is 27.3 Å². The van der Waals surface area contributed by atoms with E-state index in [1.54, 1.807) is 24.3 Å². The molecule has 0 spiro atoms. The van der Waals surface area contributed by atoms with Crippen molar-refractivity contribution in [1.82, 2.24) is 0 Å². The number of ether oxygens (including phenoxy) is 1. The molecular weight excluding hydrogens is 302 g/mol. The zero-order valence-corrected chi connectivity index (χ0v) is 12.0. The van der Waals surface area contributed by atoms with Crippen LogP contribution in [0.2, 0.25) is 0 Å². The van der Waals surface area contributed by atoms with Crippen molar-refractivity contribution in [3.8, 4) is 6.07 Å². The van der Waals surface area contributed by atoms with Crippen LogP contribution in [0.1, 0.15) is 23.6 Å². The van der Waals surface area contributed by atoms with E-state index < -0.39 is 5.97 Å². The second-order valence-corrected chi connectivity index (χ2v) is 5.19. The van der Waals surface area contributed by atoms with Crippen LogP contribution in [0, 0.1) is 11.3 Å². The third-order valence-electron chi connectivity index (χ3n) is 2.00. The first-order valence-corrected chi connectivity index (χ1v) is 6.80. The molecule has 0 aromatic carbocycles. The first kappa shape index (κ1) is 13.9. The van der Waals surface area contributed by atoms with Gasteiger partial charge >= 0.3 is 5.97 Å². The Morgan fingerprint density at radius 1 is 1.65 bits per heavy atom. The predicted molar refractivity (Wildman–Crippen MR) is 71.6 cm³/mol. The highest BCUT2D eigenvalue weighted by Gasteiger charge is 2.11. The summed E-state index contributed by atoms with van der Waals surface area (Å²) in [5.74, 6) is -0.572. The Kier molecular flexibility index (Phi) is 5.39. The SMILES string of the molecule is CCOC(=O)/C(C#N)=C\c1cc(Br)c(CC)s1. The van der Waals surface area contributed by atoms with E-state index in [4.69, 9.17) is 10.00 Å². The van der Waals surface area contributed by atoms with Crippen molar-refractivity contribution in [2.24, 2.45) is 0 Å². The number of carbonyl (C=O) groups excluding carboxylic acids is 1. The van der Waals surface area contributed by atoms with Gasteiger partial charge < -0.3 is 4.74 Å². The summed E-state index contributed by atoms with van der Waals surface area (Å²) in [6, 6.07) is 3.76. The van der Waals surface area contributed by atoms with Gasteiger partial charge in [-0.2, -0.15) is 5.26 Å². The molecule has 0 saturated heterocycles. The summed E-state index contributed by atoms with van der Waals surface area (Å²) in [6.45, 7) is 4.04. The van der Waals surface area contributed by atoms with Gasteiger partial charge in [0.1, 0.15) is 11.6 Å². The molecule has 1 aromatic rings. The molecule has 1 aromatic heterocycles. The van der Waals surface area contributed by atoms with Crippen molar-refractivity contribution >= 4 is 39.3 Å². The Labute approximate surface area is 113 Å². The van der Waals surface area contributed by atoms with E-state index in [0.29, 0.717) is 0 Å². The monoisotopic (exact) mass is 313 g/mol. The summed E-state index contributed by atoms with van der Waals surface area (Å²) in [6.07, 6.45) is 2.48. The van der Waals surface area contributed by atoms with Crippen molar-refractivity contribution in [1.29, 1.82) is 5.26 Å². The second kappa shape index (κ2) is 6.58. The number of thiophene rings is 1. The van der Waals surface area contributed by atoms with Gasteiger partial charge in [0.2, 0.25) is 0 Å². The summed E-state index contributed by atoms with van der Waals surface area (Å²) in [4.78, 5) is 13.5. The Balaban J connectivity index is 2.99. The van der Waals surface area contributed by atoms with Gasteiger partial charge in [0.05, 0.1) is 6.61 Å². The molecular formula is C12H12BrNO2S. The predicted octanol–water partition coefficient (Wildman–Crippen LogP) is 3.54. The van der Waals surface area contributed by atoms with Crippen molar-refractivity contribution in [2.75, 3.05) is 6.61 Å². The minimum atomic E-state index is -0.572. The lowest BCUT2D eigenvalue weighted by molar-refractivity contribution is -0.137. The zero-order valence-electron chi connectivity index (χ0n) is 9.62. The fourth-order valence-electron chi connectivity index (χ4n) is 1.23. The lowest BCUT2D eigenvalue weighted by atomic mass is 10.2. The summed E-state index contributed by atoms with van der Waals surface area (Å²) in [5.41, 5.74) is 0.0308. The number of halogens is 1. The van der Waals surface area contributed by atoms with Gasteiger partial charge in [0.15, 0.2) is 0 Å². The maximum atomic E-state index is 11.4. The molecule has 3 nitrogen and oxygen atoms in total. The molecule has 1 rings (SSSR count). The summed E-state index contributed by atoms with van der Waals surface area (Å²) >= 11 is 5.00. The number of carbonyl (C=O) groups is 1. The van der Waals surface area contributed by atoms with E-state index in [-0.39, 0.29) is 12.2 Å². The Morgan fingerprint density at radius 2 is 2.35 bits per heavy atom. The summed E-state index contributed by atoms with van der Waals surface area (Å²) in [5, 5.41) is 8.89. The van der Waals surface area contributed by atoms with Crippen molar-refractivity contribution < 1.29 is 9.53 Å². The number of hydrogen-bond acceptors (Lipinski definition) is 4. The smallest absolute Gasteiger partial charge is 0.348 e. The second-order valence-electron chi connectivity index (χ2n) is 3.16. The molecule has 0 aliphatic carbocycles. The van der Waals surface area contributed by atoms with Crippen molar-refractivity contribution in [3.63, 3.8) is 0 Å². The third kappa shape index (κ3) is 3.69. The van der Waals surface area contributed by atoms with Crippen LogP contribution in [0.15, 0.2) is 16.1 Å². The molecule has 0 aliphatic rings. The van der Waals surface area contributed by atoms with Crippen LogP contribution in [0.5, 0.6) is 0 Å². The number of hydrogen-bond donors (Lipinski definition) is 0. The number of nitrogens with zero attached hydrogens (tertiary/aromatic N) is 1. The Hall–Kier alpha value is -1.12. The van der Waals surface area contributed by atoms with Gasteiger partial charge in [-0.05, 0) is 41.4 Å². The first-order valence-electron chi connectivity index (χ1n) is 5.19. The molecule has 17 heavy (non-hydrogen) atoms. The fourth-order valence-corrected chi connectivity index (χ4v) is 3.09. The molecule has 0 bridgehead atoms. The highest BCUT2D eigenvalue weighted by atomic mass is 79.9. The molecule has 0 unspecified atom stereocenters. The molecule has 0 N–H and O–H groups in total. The lowest BCUT2D eigenvalue weighted by Gasteiger charge is -1.97. The molecule has 0 saturated carbocycles. The highest BCUT2D eigenvalue weighted by molar-refractivity contribution is 9.10. The van der Waals surface area contributed by atoms with E-state index in [1.165, 1.54) is 4.88 Å². The van der Waals surface area contributed by atoms with Crippen LogP contribution in [-0.2, 0) is 16.0 Å². The molecule has 1 heterocycles. The van der Waals surface area contributed by atoms with E-state index >= 15 is 0 Å². The summed E-state index contributed by atoms with van der Waals surface area (Å²) in [7, 11) is 0. The largest absolute Gasteiger partial charge is 0.462 e. The lowest BCUT2D eigenvalue weighted by Crippen LogP contribution is -2.05. The third-order valence-corrected chi connectivity index (χ3v) is 4.20. The molecule has 0 fully saturated rings. The number of aryl methyl sites for hydroxylation is 1. The Morgan fingerprint density at radius 3 is 2.82 bits per heavy atom. The van der Waals surface area contributed by atoms with Crippen molar-refractivity contribution in [2.45, 2.75) is 20.3 Å². The van der Waals surface area contributed by atoms with Crippen LogP contribution in [0.4, 0.5) is 0 Å². The average molecular weight is 314 g/mol. The van der Waals surface area contributed by atoms with Crippen molar-refractivity contribution in [3.05, 3.63) is 25.9 Å². The molecule has 0 radical (unpaired) electrons. The normalized spacial score (nSPS) is 11.1. The molecule has 90 valence electrons. The number of nitriles is 1. The summed E-state index contributed by atoms with van der Waals surface area (Å²) < 4.78 is 5.81. The molecule has 5 heteroatoms. The molecule has 0 atom stereocenters. The van der Waals surface area contributed by atoms with Crippen LogP contribution in [0.3, 0.4) is 0 Å². The zero-order chi connectivity index (χ0) is 12.8.